The molecule has 1 fully saturated rings. The number of piperidine rings is 1. The Balaban J connectivity index is 0.000000370. The van der Waals surface area contributed by atoms with Gasteiger partial charge in [0.05, 0.1) is 6.61 Å². The summed E-state index contributed by atoms with van der Waals surface area (Å²) < 4.78 is 10.5. The standard InChI is InChI=1S/C19H30N2O.C5H10O2/c1-20-10-5-7-17-15-19(9-8-18(17)16-20)22-14-6-13-21-11-3-2-4-12-21;1-5(2,3)7-4-6/h8-9,15H,2-7,10-14,16H2,1H3;4H,1-3H3. The van der Waals surface area contributed by atoms with E-state index in [0.717, 1.165) is 25.3 Å². The van der Waals surface area contributed by atoms with E-state index in [2.05, 4.69) is 39.8 Å². The number of rotatable bonds is 6. The van der Waals surface area contributed by atoms with E-state index in [9.17, 15) is 4.79 Å². The van der Waals surface area contributed by atoms with E-state index in [0.29, 0.717) is 6.47 Å². The summed E-state index contributed by atoms with van der Waals surface area (Å²) in [6, 6.07) is 6.69. The van der Waals surface area contributed by atoms with Crippen molar-refractivity contribution in [1.29, 1.82) is 0 Å². The fourth-order valence-corrected chi connectivity index (χ4v) is 3.79. The molecule has 2 aliphatic rings. The van der Waals surface area contributed by atoms with Gasteiger partial charge in [-0.2, -0.15) is 0 Å². The highest BCUT2D eigenvalue weighted by molar-refractivity contribution is 5.38. The summed E-state index contributed by atoms with van der Waals surface area (Å²) in [5.41, 5.74) is 2.64. The SMILES string of the molecule is CC(C)(C)OC=O.CN1CCCc2cc(OCCCN3CCCCC3)ccc2C1. The Hall–Kier alpha value is -1.59. The lowest BCUT2D eigenvalue weighted by Gasteiger charge is -2.26. The highest BCUT2D eigenvalue weighted by atomic mass is 16.5. The molecule has 0 amide bonds. The first-order valence-corrected chi connectivity index (χ1v) is 11.1. The van der Waals surface area contributed by atoms with Crippen LogP contribution in [-0.2, 0) is 22.5 Å². The van der Waals surface area contributed by atoms with Crippen LogP contribution in [0.25, 0.3) is 0 Å². The molecule has 2 aliphatic heterocycles. The third-order valence-corrected chi connectivity index (χ3v) is 5.34. The van der Waals surface area contributed by atoms with E-state index < -0.39 is 0 Å². The smallest absolute Gasteiger partial charge is 0.293 e. The second kappa shape index (κ2) is 12.2. The number of likely N-dealkylation sites (tertiary alicyclic amines) is 1. The lowest BCUT2D eigenvalue weighted by Crippen LogP contribution is -2.31. The number of aryl methyl sites for hydroxylation is 1. The van der Waals surface area contributed by atoms with Crippen LogP contribution in [0.4, 0.5) is 0 Å². The van der Waals surface area contributed by atoms with Gasteiger partial charge >= 0.3 is 0 Å². The Morgan fingerprint density at radius 3 is 2.45 bits per heavy atom. The van der Waals surface area contributed by atoms with Crippen molar-refractivity contribution < 1.29 is 14.3 Å². The molecule has 0 bridgehead atoms. The van der Waals surface area contributed by atoms with Crippen LogP contribution in [0.1, 0.15) is 64.0 Å². The van der Waals surface area contributed by atoms with Crippen LogP contribution in [0.5, 0.6) is 5.75 Å². The number of hydrogen-bond acceptors (Lipinski definition) is 5. The number of nitrogens with zero attached hydrogens (tertiary/aromatic N) is 2. The van der Waals surface area contributed by atoms with Gasteiger partial charge in [0.25, 0.3) is 6.47 Å². The number of carbonyl (C=O) groups is 1. The highest BCUT2D eigenvalue weighted by Gasteiger charge is 2.13. The van der Waals surface area contributed by atoms with Crippen LogP contribution in [0.2, 0.25) is 0 Å². The summed E-state index contributed by atoms with van der Waals surface area (Å²) in [7, 11) is 2.21. The van der Waals surface area contributed by atoms with Crippen molar-refractivity contribution in [3.8, 4) is 5.75 Å². The molecule has 5 nitrogen and oxygen atoms in total. The zero-order valence-electron chi connectivity index (χ0n) is 18.9. The lowest BCUT2D eigenvalue weighted by atomic mass is 10.0. The molecule has 0 aliphatic carbocycles. The maximum atomic E-state index is 9.60. The summed E-state index contributed by atoms with van der Waals surface area (Å²) >= 11 is 0. The Morgan fingerprint density at radius 2 is 1.79 bits per heavy atom. The second-order valence-corrected chi connectivity index (χ2v) is 9.20. The number of carbonyl (C=O) groups excluding carboxylic acids is 1. The second-order valence-electron chi connectivity index (χ2n) is 9.20. The third kappa shape index (κ3) is 9.64. The Kier molecular flexibility index (Phi) is 9.95. The Labute approximate surface area is 177 Å². The quantitative estimate of drug-likeness (QED) is 0.523. The average molecular weight is 405 g/mol. The normalized spacial score (nSPS) is 18.1. The van der Waals surface area contributed by atoms with Crippen molar-refractivity contribution in [3.63, 3.8) is 0 Å². The predicted molar refractivity (Wildman–Crippen MR) is 118 cm³/mol. The molecule has 0 aromatic heterocycles. The van der Waals surface area contributed by atoms with Gasteiger partial charge in [0.15, 0.2) is 0 Å². The maximum absolute atomic E-state index is 9.60. The zero-order chi connectivity index (χ0) is 21.1. The number of fused-ring (bicyclic) bond motifs is 1. The lowest BCUT2D eigenvalue weighted by molar-refractivity contribution is -0.138. The summed E-state index contributed by atoms with van der Waals surface area (Å²) in [5.74, 6) is 1.06. The number of benzene rings is 1. The van der Waals surface area contributed by atoms with Gasteiger partial charge in [0, 0.05) is 13.1 Å². The van der Waals surface area contributed by atoms with E-state index >= 15 is 0 Å². The van der Waals surface area contributed by atoms with E-state index in [1.807, 2.05) is 20.8 Å². The van der Waals surface area contributed by atoms with Crippen molar-refractivity contribution in [1.82, 2.24) is 9.80 Å². The molecular formula is C24H40N2O3. The summed E-state index contributed by atoms with van der Waals surface area (Å²) in [4.78, 5) is 14.6. The molecule has 0 saturated carbocycles. The molecule has 1 aromatic rings. The van der Waals surface area contributed by atoms with Crippen molar-refractivity contribution in [3.05, 3.63) is 29.3 Å². The molecule has 2 heterocycles. The summed E-state index contributed by atoms with van der Waals surface area (Å²) in [6.45, 7) is 12.8. The van der Waals surface area contributed by atoms with Gasteiger partial charge in [0.2, 0.25) is 0 Å². The molecule has 0 N–H and O–H groups in total. The zero-order valence-corrected chi connectivity index (χ0v) is 18.9. The van der Waals surface area contributed by atoms with Gasteiger partial charge < -0.3 is 19.3 Å². The fourth-order valence-electron chi connectivity index (χ4n) is 3.79. The van der Waals surface area contributed by atoms with Gasteiger partial charge in [-0.15, -0.1) is 0 Å². The molecule has 29 heavy (non-hydrogen) atoms. The predicted octanol–water partition coefficient (Wildman–Crippen LogP) is 4.28. The first-order valence-electron chi connectivity index (χ1n) is 11.1. The maximum Gasteiger partial charge on any atom is 0.293 e. The molecule has 0 unspecified atom stereocenters. The first-order chi connectivity index (χ1) is 13.9. The van der Waals surface area contributed by atoms with Crippen LogP contribution in [0, 0.1) is 0 Å². The fraction of sp³-hybridized carbons (Fsp3) is 0.708. The van der Waals surface area contributed by atoms with Gasteiger partial charge in [-0.25, -0.2) is 0 Å². The molecular weight excluding hydrogens is 364 g/mol. The van der Waals surface area contributed by atoms with E-state index in [-0.39, 0.29) is 5.60 Å². The van der Waals surface area contributed by atoms with Crippen LogP contribution >= 0.6 is 0 Å². The number of ether oxygens (including phenoxy) is 2. The monoisotopic (exact) mass is 404 g/mol. The molecule has 0 spiro atoms. The largest absolute Gasteiger partial charge is 0.494 e. The van der Waals surface area contributed by atoms with Crippen molar-refractivity contribution in [2.75, 3.05) is 39.8 Å². The van der Waals surface area contributed by atoms with Crippen molar-refractivity contribution >= 4 is 6.47 Å². The topological polar surface area (TPSA) is 42.0 Å². The third-order valence-electron chi connectivity index (χ3n) is 5.34. The molecule has 0 atom stereocenters. The van der Waals surface area contributed by atoms with E-state index in [1.54, 1.807) is 0 Å². The van der Waals surface area contributed by atoms with Crippen LogP contribution in [0.3, 0.4) is 0 Å². The van der Waals surface area contributed by atoms with Crippen LogP contribution < -0.4 is 4.74 Å². The van der Waals surface area contributed by atoms with E-state index in [4.69, 9.17) is 4.74 Å². The van der Waals surface area contributed by atoms with Gasteiger partial charge in [0.1, 0.15) is 11.4 Å². The van der Waals surface area contributed by atoms with Crippen molar-refractivity contribution in [2.45, 2.75) is 71.4 Å². The minimum absolute atomic E-state index is 0.318. The van der Waals surface area contributed by atoms with Crippen LogP contribution in [0.15, 0.2) is 18.2 Å². The average Bonchev–Trinajstić information content (AvgIpc) is 2.86. The van der Waals surface area contributed by atoms with Gasteiger partial charge in [-0.05, 0) is 103 Å². The highest BCUT2D eigenvalue weighted by Crippen LogP contribution is 2.23. The molecule has 1 saturated heterocycles. The summed E-state index contributed by atoms with van der Waals surface area (Å²) in [6.07, 6.45) is 7.74. The molecule has 3 rings (SSSR count). The molecule has 0 radical (unpaired) electrons. The molecule has 164 valence electrons. The van der Waals surface area contributed by atoms with E-state index in [1.165, 1.54) is 69.4 Å². The van der Waals surface area contributed by atoms with Crippen LogP contribution in [-0.4, -0.2) is 61.7 Å². The first kappa shape index (κ1) is 23.7. The van der Waals surface area contributed by atoms with Crippen molar-refractivity contribution in [2.24, 2.45) is 0 Å². The summed E-state index contributed by atoms with van der Waals surface area (Å²) in [5, 5.41) is 0. The molecule has 5 heteroatoms. The van der Waals surface area contributed by atoms with Gasteiger partial charge in [-0.1, -0.05) is 12.5 Å². The molecule has 1 aromatic carbocycles. The Morgan fingerprint density at radius 1 is 1.03 bits per heavy atom. The minimum Gasteiger partial charge on any atom is -0.494 e. The number of hydrogen-bond donors (Lipinski definition) is 0. The Bertz CT molecular complexity index is 607. The minimum atomic E-state index is -0.318. The van der Waals surface area contributed by atoms with Gasteiger partial charge in [-0.3, -0.25) is 4.79 Å².